The predicted octanol–water partition coefficient (Wildman–Crippen LogP) is 3.27. The molecule has 0 aliphatic heterocycles. The SMILES string of the molecule is CCC(C)CC(CC)NCC(C)N(C)C1CC1. The Kier molecular flexibility index (Phi) is 6.50. The highest BCUT2D eigenvalue weighted by Gasteiger charge is 2.29. The molecule has 3 unspecified atom stereocenters. The highest BCUT2D eigenvalue weighted by Crippen LogP contribution is 2.26. The zero-order valence-electron chi connectivity index (χ0n) is 12.5. The maximum atomic E-state index is 3.76. The third-order valence-corrected chi connectivity index (χ3v) is 4.40. The molecule has 2 nitrogen and oxygen atoms in total. The van der Waals surface area contributed by atoms with Crippen molar-refractivity contribution in [3.8, 4) is 0 Å². The fourth-order valence-electron chi connectivity index (χ4n) is 2.37. The fourth-order valence-corrected chi connectivity index (χ4v) is 2.37. The first kappa shape index (κ1) is 15.0. The molecule has 0 aromatic heterocycles. The van der Waals surface area contributed by atoms with Crippen molar-refractivity contribution in [3.63, 3.8) is 0 Å². The van der Waals surface area contributed by atoms with Gasteiger partial charge in [0.15, 0.2) is 0 Å². The number of nitrogens with zero attached hydrogens (tertiary/aromatic N) is 1. The van der Waals surface area contributed by atoms with Gasteiger partial charge in [0.1, 0.15) is 0 Å². The number of nitrogens with one attached hydrogen (secondary N) is 1. The molecular weight excluding hydrogens is 208 g/mol. The van der Waals surface area contributed by atoms with Crippen LogP contribution >= 0.6 is 0 Å². The predicted molar refractivity (Wildman–Crippen MR) is 76.4 cm³/mol. The van der Waals surface area contributed by atoms with Crippen LogP contribution in [0.2, 0.25) is 0 Å². The summed E-state index contributed by atoms with van der Waals surface area (Å²) in [5.74, 6) is 0.851. The molecule has 102 valence electrons. The van der Waals surface area contributed by atoms with E-state index in [2.05, 4.69) is 45.0 Å². The van der Waals surface area contributed by atoms with Crippen molar-refractivity contribution in [1.29, 1.82) is 0 Å². The molecule has 0 spiro atoms. The zero-order valence-corrected chi connectivity index (χ0v) is 12.5. The van der Waals surface area contributed by atoms with Crippen LogP contribution in [-0.2, 0) is 0 Å². The van der Waals surface area contributed by atoms with Gasteiger partial charge in [-0.15, -0.1) is 0 Å². The van der Waals surface area contributed by atoms with Gasteiger partial charge in [0, 0.05) is 24.7 Å². The summed E-state index contributed by atoms with van der Waals surface area (Å²) < 4.78 is 0. The molecule has 1 aliphatic carbocycles. The minimum absolute atomic E-state index is 0.675. The van der Waals surface area contributed by atoms with Crippen molar-refractivity contribution in [1.82, 2.24) is 10.2 Å². The summed E-state index contributed by atoms with van der Waals surface area (Å²) in [7, 11) is 2.28. The Morgan fingerprint density at radius 1 is 1.18 bits per heavy atom. The molecule has 2 heteroatoms. The van der Waals surface area contributed by atoms with Crippen LogP contribution in [0.15, 0.2) is 0 Å². The maximum Gasteiger partial charge on any atom is 0.0192 e. The Labute approximate surface area is 108 Å². The molecule has 1 fully saturated rings. The van der Waals surface area contributed by atoms with Gasteiger partial charge in [-0.2, -0.15) is 0 Å². The quantitative estimate of drug-likeness (QED) is 0.665. The van der Waals surface area contributed by atoms with E-state index in [0.717, 1.165) is 18.5 Å². The molecule has 0 radical (unpaired) electrons. The van der Waals surface area contributed by atoms with Gasteiger partial charge in [-0.3, -0.25) is 4.90 Å². The second-order valence-electron chi connectivity index (χ2n) is 6.01. The van der Waals surface area contributed by atoms with Crippen molar-refractivity contribution in [2.24, 2.45) is 5.92 Å². The first-order valence-corrected chi connectivity index (χ1v) is 7.53. The second kappa shape index (κ2) is 7.38. The van der Waals surface area contributed by atoms with E-state index < -0.39 is 0 Å². The monoisotopic (exact) mass is 240 g/mol. The van der Waals surface area contributed by atoms with Gasteiger partial charge in [0.2, 0.25) is 0 Å². The zero-order chi connectivity index (χ0) is 12.8. The third-order valence-electron chi connectivity index (χ3n) is 4.40. The molecule has 1 rings (SSSR count). The molecule has 0 bridgehead atoms. The summed E-state index contributed by atoms with van der Waals surface area (Å²) >= 11 is 0. The molecule has 0 heterocycles. The Morgan fingerprint density at radius 3 is 2.29 bits per heavy atom. The average Bonchev–Trinajstić information content (AvgIpc) is 3.16. The largest absolute Gasteiger partial charge is 0.312 e. The van der Waals surface area contributed by atoms with Gasteiger partial charge < -0.3 is 5.32 Å². The topological polar surface area (TPSA) is 15.3 Å². The highest BCUT2D eigenvalue weighted by atomic mass is 15.2. The molecule has 1 aliphatic rings. The van der Waals surface area contributed by atoms with Gasteiger partial charge in [-0.1, -0.05) is 27.2 Å². The van der Waals surface area contributed by atoms with Crippen LogP contribution in [0.4, 0.5) is 0 Å². The molecular formula is C15H32N2. The van der Waals surface area contributed by atoms with Crippen LogP contribution in [0.1, 0.15) is 59.8 Å². The Balaban J connectivity index is 2.21. The van der Waals surface area contributed by atoms with E-state index in [1.54, 1.807) is 0 Å². The van der Waals surface area contributed by atoms with Crippen LogP contribution in [0.25, 0.3) is 0 Å². The van der Waals surface area contributed by atoms with Crippen LogP contribution in [0, 0.1) is 5.92 Å². The minimum atomic E-state index is 0.675. The summed E-state index contributed by atoms with van der Waals surface area (Å²) in [5.41, 5.74) is 0. The molecule has 17 heavy (non-hydrogen) atoms. The molecule has 1 saturated carbocycles. The van der Waals surface area contributed by atoms with E-state index in [0.29, 0.717) is 12.1 Å². The Bertz CT molecular complexity index is 201. The van der Waals surface area contributed by atoms with Crippen molar-refractivity contribution in [2.45, 2.75) is 77.9 Å². The number of rotatable bonds is 9. The van der Waals surface area contributed by atoms with Crippen LogP contribution in [-0.4, -0.2) is 36.6 Å². The lowest BCUT2D eigenvalue weighted by Gasteiger charge is -2.28. The lowest BCUT2D eigenvalue weighted by Crippen LogP contribution is -2.43. The van der Waals surface area contributed by atoms with Crippen LogP contribution < -0.4 is 5.32 Å². The highest BCUT2D eigenvalue weighted by molar-refractivity contribution is 4.86. The smallest absolute Gasteiger partial charge is 0.0192 e. The summed E-state index contributed by atoms with van der Waals surface area (Å²) in [4.78, 5) is 2.54. The Hall–Kier alpha value is -0.0800. The molecule has 0 saturated heterocycles. The summed E-state index contributed by atoms with van der Waals surface area (Å²) in [6, 6.07) is 2.26. The van der Waals surface area contributed by atoms with Gasteiger partial charge in [0.05, 0.1) is 0 Å². The summed E-state index contributed by atoms with van der Waals surface area (Å²) in [6.45, 7) is 10.4. The van der Waals surface area contributed by atoms with Crippen molar-refractivity contribution in [3.05, 3.63) is 0 Å². The number of likely N-dealkylation sites (N-methyl/N-ethyl adjacent to an activating group) is 1. The maximum absolute atomic E-state index is 3.76. The van der Waals surface area contributed by atoms with Gasteiger partial charge in [-0.05, 0) is 45.6 Å². The van der Waals surface area contributed by atoms with E-state index in [1.165, 1.54) is 32.1 Å². The lowest BCUT2D eigenvalue weighted by molar-refractivity contribution is 0.230. The fraction of sp³-hybridized carbons (Fsp3) is 1.00. The van der Waals surface area contributed by atoms with Gasteiger partial charge >= 0.3 is 0 Å². The minimum Gasteiger partial charge on any atom is -0.312 e. The van der Waals surface area contributed by atoms with E-state index in [1.807, 2.05) is 0 Å². The molecule has 0 amide bonds. The van der Waals surface area contributed by atoms with Crippen molar-refractivity contribution < 1.29 is 0 Å². The van der Waals surface area contributed by atoms with E-state index in [9.17, 15) is 0 Å². The first-order valence-electron chi connectivity index (χ1n) is 7.53. The van der Waals surface area contributed by atoms with Crippen molar-refractivity contribution >= 4 is 0 Å². The summed E-state index contributed by atoms with van der Waals surface area (Å²) in [5, 5.41) is 3.76. The van der Waals surface area contributed by atoms with E-state index in [-0.39, 0.29) is 0 Å². The lowest BCUT2D eigenvalue weighted by atomic mass is 9.97. The third kappa shape index (κ3) is 5.39. The second-order valence-corrected chi connectivity index (χ2v) is 6.01. The Morgan fingerprint density at radius 2 is 1.82 bits per heavy atom. The average molecular weight is 240 g/mol. The van der Waals surface area contributed by atoms with E-state index in [4.69, 9.17) is 0 Å². The number of hydrogen-bond donors (Lipinski definition) is 1. The normalized spacial score (nSPS) is 21.5. The van der Waals surface area contributed by atoms with Gasteiger partial charge in [0.25, 0.3) is 0 Å². The number of hydrogen-bond acceptors (Lipinski definition) is 2. The molecule has 0 aromatic carbocycles. The van der Waals surface area contributed by atoms with E-state index >= 15 is 0 Å². The standard InChI is InChI=1S/C15H32N2/c1-6-12(3)10-14(7-2)16-11-13(4)17(5)15-8-9-15/h12-16H,6-11H2,1-5H3. The molecule has 1 N–H and O–H groups in total. The van der Waals surface area contributed by atoms with Crippen molar-refractivity contribution in [2.75, 3.05) is 13.6 Å². The molecule has 0 aromatic rings. The summed E-state index contributed by atoms with van der Waals surface area (Å²) in [6.07, 6.45) is 6.70. The molecule has 3 atom stereocenters. The van der Waals surface area contributed by atoms with Crippen LogP contribution in [0.5, 0.6) is 0 Å². The van der Waals surface area contributed by atoms with Crippen LogP contribution in [0.3, 0.4) is 0 Å². The van der Waals surface area contributed by atoms with Gasteiger partial charge in [-0.25, -0.2) is 0 Å². The first-order chi connectivity index (χ1) is 8.08.